The molecule has 0 spiro atoms. The lowest BCUT2D eigenvalue weighted by molar-refractivity contribution is -0.0521. The van der Waals surface area contributed by atoms with Crippen molar-refractivity contribution in [1.82, 2.24) is 4.90 Å². The van der Waals surface area contributed by atoms with E-state index in [4.69, 9.17) is 0 Å². The number of benzene rings is 1. The maximum Gasteiger partial charge on any atom is 0.387 e. The number of hydrogen-bond acceptors (Lipinski definition) is 3. The first-order valence-corrected chi connectivity index (χ1v) is 6.82. The molecule has 6 heteroatoms. The van der Waals surface area contributed by atoms with Gasteiger partial charge in [-0.25, -0.2) is 4.39 Å². The molecule has 1 saturated heterocycles. The van der Waals surface area contributed by atoms with Gasteiger partial charge in [0.25, 0.3) is 0 Å². The highest BCUT2D eigenvalue weighted by Crippen LogP contribution is 2.29. The second kappa shape index (κ2) is 6.83. The van der Waals surface area contributed by atoms with Crippen molar-refractivity contribution in [2.45, 2.75) is 20.0 Å². The Kier molecular flexibility index (Phi) is 5.11. The van der Waals surface area contributed by atoms with E-state index in [9.17, 15) is 13.2 Å². The van der Waals surface area contributed by atoms with Crippen molar-refractivity contribution in [3.8, 4) is 5.75 Å². The maximum absolute atomic E-state index is 14.1. The highest BCUT2D eigenvalue weighted by molar-refractivity contribution is 5.53. The summed E-state index contributed by atoms with van der Waals surface area (Å²) in [5, 5.41) is 0. The number of nitrogens with zero attached hydrogens (tertiary/aromatic N) is 2. The Morgan fingerprint density at radius 1 is 1.20 bits per heavy atom. The molecule has 1 aliphatic heterocycles. The molecule has 0 N–H and O–H groups in total. The number of hydrogen-bond donors (Lipinski definition) is 0. The summed E-state index contributed by atoms with van der Waals surface area (Å²) in [6, 6.07) is 4.36. The zero-order valence-electron chi connectivity index (χ0n) is 11.5. The molecule has 0 aliphatic carbocycles. The molecular formula is C14H19F3N2O. The molecule has 2 rings (SSSR count). The van der Waals surface area contributed by atoms with Gasteiger partial charge in [0.15, 0.2) is 11.6 Å². The minimum Gasteiger partial charge on any atom is -0.432 e. The molecule has 1 heterocycles. The Labute approximate surface area is 116 Å². The van der Waals surface area contributed by atoms with Crippen LogP contribution in [0, 0.1) is 5.82 Å². The SMILES string of the molecule is CCCN1CCN(c2cccc(OC(F)F)c2F)CC1. The fourth-order valence-electron chi connectivity index (χ4n) is 2.46. The van der Waals surface area contributed by atoms with Crippen molar-refractivity contribution in [3.63, 3.8) is 0 Å². The molecule has 0 saturated carbocycles. The zero-order chi connectivity index (χ0) is 14.5. The Morgan fingerprint density at radius 2 is 1.90 bits per heavy atom. The van der Waals surface area contributed by atoms with Crippen LogP contribution in [-0.4, -0.2) is 44.2 Å². The summed E-state index contributed by atoms with van der Waals surface area (Å²) in [5.41, 5.74) is 0.333. The minimum absolute atomic E-state index is 0.333. The highest BCUT2D eigenvalue weighted by atomic mass is 19.3. The predicted molar refractivity (Wildman–Crippen MR) is 72.0 cm³/mol. The summed E-state index contributed by atoms with van der Waals surface area (Å²) in [5.74, 6) is -1.11. The van der Waals surface area contributed by atoms with Crippen LogP contribution in [0.1, 0.15) is 13.3 Å². The van der Waals surface area contributed by atoms with Crippen molar-refractivity contribution in [3.05, 3.63) is 24.0 Å². The van der Waals surface area contributed by atoms with E-state index < -0.39 is 18.2 Å². The van der Waals surface area contributed by atoms with E-state index in [0.717, 1.165) is 26.1 Å². The molecular weight excluding hydrogens is 269 g/mol. The van der Waals surface area contributed by atoms with Crippen molar-refractivity contribution >= 4 is 5.69 Å². The molecule has 1 aromatic rings. The van der Waals surface area contributed by atoms with Crippen LogP contribution in [0.5, 0.6) is 5.75 Å². The number of alkyl halides is 2. The summed E-state index contributed by atoms with van der Waals surface area (Å²) in [4.78, 5) is 4.19. The van der Waals surface area contributed by atoms with E-state index in [0.29, 0.717) is 18.8 Å². The van der Waals surface area contributed by atoms with Gasteiger partial charge in [0.05, 0.1) is 5.69 Å². The molecule has 0 amide bonds. The fourth-order valence-corrected chi connectivity index (χ4v) is 2.46. The average molecular weight is 288 g/mol. The van der Waals surface area contributed by atoms with Crippen LogP contribution in [0.2, 0.25) is 0 Å². The van der Waals surface area contributed by atoms with Crippen LogP contribution in [0.4, 0.5) is 18.9 Å². The zero-order valence-corrected chi connectivity index (χ0v) is 11.5. The molecule has 0 unspecified atom stereocenters. The molecule has 0 bridgehead atoms. The van der Waals surface area contributed by atoms with Gasteiger partial charge in [0.1, 0.15) is 0 Å². The summed E-state index contributed by atoms with van der Waals surface area (Å²) in [6.45, 7) is 3.23. The van der Waals surface area contributed by atoms with Crippen LogP contribution in [0.3, 0.4) is 0 Å². The van der Waals surface area contributed by atoms with Crippen molar-refractivity contribution in [1.29, 1.82) is 0 Å². The van der Waals surface area contributed by atoms with E-state index in [1.165, 1.54) is 12.1 Å². The van der Waals surface area contributed by atoms with Crippen LogP contribution in [-0.2, 0) is 0 Å². The molecule has 0 atom stereocenters. The maximum atomic E-state index is 14.1. The Bertz CT molecular complexity index is 434. The Morgan fingerprint density at radius 3 is 2.50 bits per heavy atom. The first-order chi connectivity index (χ1) is 9.61. The molecule has 1 aromatic carbocycles. The lowest BCUT2D eigenvalue weighted by atomic mass is 10.2. The monoisotopic (exact) mass is 288 g/mol. The van der Waals surface area contributed by atoms with Crippen LogP contribution in [0.15, 0.2) is 18.2 Å². The lowest BCUT2D eigenvalue weighted by Crippen LogP contribution is -2.46. The van der Waals surface area contributed by atoms with E-state index in [1.54, 1.807) is 6.07 Å². The molecule has 1 aliphatic rings. The lowest BCUT2D eigenvalue weighted by Gasteiger charge is -2.36. The van der Waals surface area contributed by atoms with E-state index in [1.807, 2.05) is 4.90 Å². The number of halogens is 3. The molecule has 20 heavy (non-hydrogen) atoms. The van der Waals surface area contributed by atoms with Gasteiger partial charge >= 0.3 is 6.61 Å². The quantitative estimate of drug-likeness (QED) is 0.828. The average Bonchev–Trinajstić information content (AvgIpc) is 2.42. The van der Waals surface area contributed by atoms with Gasteiger partial charge in [0.2, 0.25) is 0 Å². The van der Waals surface area contributed by atoms with Crippen LogP contribution in [0.25, 0.3) is 0 Å². The number of piperazine rings is 1. The molecule has 3 nitrogen and oxygen atoms in total. The second-order valence-electron chi connectivity index (χ2n) is 4.80. The van der Waals surface area contributed by atoms with E-state index >= 15 is 0 Å². The second-order valence-corrected chi connectivity index (χ2v) is 4.80. The van der Waals surface area contributed by atoms with Gasteiger partial charge in [-0.2, -0.15) is 8.78 Å². The Balaban J connectivity index is 2.06. The van der Waals surface area contributed by atoms with E-state index in [2.05, 4.69) is 16.6 Å². The van der Waals surface area contributed by atoms with Gasteiger partial charge in [-0.1, -0.05) is 13.0 Å². The van der Waals surface area contributed by atoms with Gasteiger partial charge < -0.3 is 9.64 Å². The predicted octanol–water partition coefficient (Wildman–Crippen LogP) is 2.96. The van der Waals surface area contributed by atoms with E-state index in [-0.39, 0.29) is 0 Å². The fraction of sp³-hybridized carbons (Fsp3) is 0.571. The molecule has 112 valence electrons. The Hall–Kier alpha value is -1.43. The van der Waals surface area contributed by atoms with Crippen LogP contribution < -0.4 is 9.64 Å². The standard InChI is InChI=1S/C14H19F3N2O/c1-2-6-18-7-9-19(10-8-18)11-4-3-5-12(13(11)15)20-14(16)17/h3-5,14H,2,6-10H2,1H3. The molecule has 0 radical (unpaired) electrons. The smallest absolute Gasteiger partial charge is 0.387 e. The van der Waals surface area contributed by atoms with Gasteiger partial charge in [-0.3, -0.25) is 4.90 Å². The first kappa shape index (κ1) is 15.0. The van der Waals surface area contributed by atoms with Crippen molar-refractivity contribution in [2.75, 3.05) is 37.6 Å². The first-order valence-electron chi connectivity index (χ1n) is 6.82. The summed E-state index contributed by atoms with van der Waals surface area (Å²) in [6.07, 6.45) is 1.09. The van der Waals surface area contributed by atoms with Gasteiger partial charge in [0, 0.05) is 26.2 Å². The van der Waals surface area contributed by atoms with Crippen molar-refractivity contribution < 1.29 is 17.9 Å². The number of rotatable bonds is 5. The highest BCUT2D eigenvalue weighted by Gasteiger charge is 2.21. The third kappa shape index (κ3) is 3.56. The number of ether oxygens (including phenoxy) is 1. The third-order valence-electron chi connectivity index (χ3n) is 3.41. The summed E-state index contributed by atoms with van der Waals surface area (Å²) in [7, 11) is 0. The van der Waals surface area contributed by atoms with Gasteiger partial charge in [-0.05, 0) is 25.1 Å². The summed E-state index contributed by atoms with van der Waals surface area (Å²) >= 11 is 0. The normalized spacial score (nSPS) is 16.8. The largest absolute Gasteiger partial charge is 0.432 e. The van der Waals surface area contributed by atoms with Crippen LogP contribution >= 0.6 is 0 Å². The molecule has 1 fully saturated rings. The molecule has 0 aromatic heterocycles. The minimum atomic E-state index is -3.01. The van der Waals surface area contributed by atoms with Gasteiger partial charge in [-0.15, -0.1) is 0 Å². The number of anilines is 1. The third-order valence-corrected chi connectivity index (χ3v) is 3.41. The van der Waals surface area contributed by atoms with Crippen molar-refractivity contribution in [2.24, 2.45) is 0 Å². The topological polar surface area (TPSA) is 15.7 Å². The summed E-state index contributed by atoms with van der Waals surface area (Å²) < 4.78 is 42.7.